The third kappa shape index (κ3) is 3.16. The van der Waals surface area contributed by atoms with Crippen molar-refractivity contribution in [2.24, 2.45) is 0 Å². The van der Waals surface area contributed by atoms with Crippen molar-refractivity contribution in [2.75, 3.05) is 11.9 Å². The highest BCUT2D eigenvalue weighted by molar-refractivity contribution is 5.94. The Morgan fingerprint density at radius 2 is 1.88 bits per heavy atom. The van der Waals surface area contributed by atoms with Crippen molar-refractivity contribution in [3.05, 3.63) is 71.3 Å². The summed E-state index contributed by atoms with van der Waals surface area (Å²) in [7, 11) is 2.03. The number of pyridine rings is 1. The number of halogens is 1. The van der Waals surface area contributed by atoms with E-state index in [4.69, 9.17) is 4.98 Å². The van der Waals surface area contributed by atoms with E-state index in [9.17, 15) is 4.39 Å². The molecule has 0 aliphatic heterocycles. The summed E-state index contributed by atoms with van der Waals surface area (Å²) in [5.74, 6) is 0.728. The van der Waals surface area contributed by atoms with Crippen LogP contribution in [0.15, 0.2) is 43.0 Å². The second-order valence-corrected chi connectivity index (χ2v) is 6.58. The van der Waals surface area contributed by atoms with Gasteiger partial charge in [0.25, 0.3) is 0 Å². The zero-order valence-corrected chi connectivity index (χ0v) is 15.3. The summed E-state index contributed by atoms with van der Waals surface area (Å²) in [5, 5.41) is 1.23. The molecule has 0 bridgehead atoms. The van der Waals surface area contributed by atoms with Crippen molar-refractivity contribution in [2.45, 2.75) is 33.9 Å². The van der Waals surface area contributed by atoms with Crippen LogP contribution < -0.4 is 4.90 Å². The van der Waals surface area contributed by atoms with E-state index >= 15 is 0 Å². The highest BCUT2D eigenvalue weighted by Crippen LogP contribution is 2.32. The number of allylic oxidation sites excluding steroid dienone is 1. The predicted octanol–water partition coefficient (Wildman–Crippen LogP) is 4.92. The van der Waals surface area contributed by atoms with Gasteiger partial charge in [-0.15, -0.1) is 6.58 Å². The topological polar surface area (TPSA) is 21.1 Å². The molecule has 0 amide bonds. The average molecular weight is 337 g/mol. The van der Waals surface area contributed by atoms with E-state index in [-0.39, 0.29) is 5.82 Å². The number of rotatable bonds is 5. The van der Waals surface area contributed by atoms with Crippen molar-refractivity contribution in [1.29, 1.82) is 0 Å². The summed E-state index contributed by atoms with van der Waals surface area (Å²) in [6, 6.07) is 8.77. The Labute approximate surface area is 148 Å². The van der Waals surface area contributed by atoms with Gasteiger partial charge < -0.3 is 9.47 Å². The molecule has 0 aliphatic rings. The standard InChI is InChI=1S/C21H24FN3/c1-6-11-25-16(4)15(3)19-12-14(2)23-21(20(19)25)24(5)13-17-7-9-18(22)10-8-17/h6-10,12H,1,11,13H2,2-5H3. The maximum absolute atomic E-state index is 13.2. The SMILES string of the molecule is C=CCn1c(C)c(C)c2cc(C)nc(N(C)Cc3ccc(F)cc3)c21. The van der Waals surface area contributed by atoms with E-state index in [1.807, 2.05) is 32.2 Å². The van der Waals surface area contributed by atoms with Crippen molar-refractivity contribution in [3.63, 3.8) is 0 Å². The molecule has 0 spiro atoms. The maximum atomic E-state index is 13.2. The zero-order chi connectivity index (χ0) is 18.1. The molecular formula is C21H24FN3. The zero-order valence-electron chi connectivity index (χ0n) is 15.3. The molecule has 0 unspecified atom stereocenters. The summed E-state index contributed by atoms with van der Waals surface area (Å²) >= 11 is 0. The number of anilines is 1. The molecule has 0 radical (unpaired) electrons. The molecule has 3 rings (SSSR count). The van der Waals surface area contributed by atoms with Crippen molar-refractivity contribution < 1.29 is 4.39 Å². The minimum absolute atomic E-state index is 0.214. The van der Waals surface area contributed by atoms with Crippen molar-refractivity contribution >= 4 is 16.7 Å². The molecule has 3 aromatic rings. The van der Waals surface area contributed by atoms with Crippen LogP contribution in [0, 0.1) is 26.6 Å². The lowest BCUT2D eigenvalue weighted by Gasteiger charge is -2.21. The van der Waals surface area contributed by atoms with Gasteiger partial charge in [0.1, 0.15) is 5.82 Å². The molecule has 0 saturated carbocycles. The van der Waals surface area contributed by atoms with Gasteiger partial charge in [0.2, 0.25) is 0 Å². The van der Waals surface area contributed by atoms with Gasteiger partial charge in [0.15, 0.2) is 5.82 Å². The van der Waals surface area contributed by atoms with E-state index in [0.29, 0.717) is 6.54 Å². The van der Waals surface area contributed by atoms with Crippen LogP contribution in [0.3, 0.4) is 0 Å². The Bertz CT molecular complexity index is 923. The summed E-state index contributed by atoms with van der Waals surface area (Å²) in [5.41, 5.74) is 5.69. The van der Waals surface area contributed by atoms with E-state index in [0.717, 1.165) is 29.1 Å². The van der Waals surface area contributed by atoms with Gasteiger partial charge in [-0.05, 0) is 50.1 Å². The fraction of sp³-hybridized carbons (Fsp3) is 0.286. The molecule has 4 heteroatoms. The molecule has 0 N–H and O–H groups in total. The first kappa shape index (κ1) is 17.2. The van der Waals surface area contributed by atoms with E-state index in [2.05, 4.69) is 36.0 Å². The summed E-state index contributed by atoms with van der Waals surface area (Å²) < 4.78 is 15.4. The lowest BCUT2D eigenvalue weighted by Crippen LogP contribution is -2.19. The number of fused-ring (bicyclic) bond motifs is 1. The normalized spacial score (nSPS) is 11.1. The highest BCUT2D eigenvalue weighted by Gasteiger charge is 2.18. The number of nitrogens with zero attached hydrogens (tertiary/aromatic N) is 3. The van der Waals surface area contributed by atoms with Crippen LogP contribution in [0.4, 0.5) is 10.2 Å². The second-order valence-electron chi connectivity index (χ2n) is 6.58. The van der Waals surface area contributed by atoms with Crippen LogP contribution >= 0.6 is 0 Å². The molecule has 130 valence electrons. The summed E-state index contributed by atoms with van der Waals surface area (Å²) in [4.78, 5) is 6.94. The van der Waals surface area contributed by atoms with Gasteiger partial charge in [-0.1, -0.05) is 18.2 Å². The lowest BCUT2D eigenvalue weighted by atomic mass is 10.1. The first-order valence-corrected chi connectivity index (χ1v) is 8.46. The Balaban J connectivity index is 2.12. The number of aromatic nitrogens is 2. The van der Waals surface area contributed by atoms with E-state index in [1.165, 1.54) is 28.8 Å². The van der Waals surface area contributed by atoms with Gasteiger partial charge in [0.05, 0.1) is 5.52 Å². The minimum atomic E-state index is -0.214. The molecule has 2 heterocycles. The second kappa shape index (κ2) is 6.71. The third-order valence-electron chi connectivity index (χ3n) is 4.73. The van der Waals surface area contributed by atoms with E-state index in [1.54, 1.807) is 0 Å². The Hall–Kier alpha value is -2.62. The fourth-order valence-corrected chi connectivity index (χ4v) is 3.33. The largest absolute Gasteiger partial charge is 0.354 e. The van der Waals surface area contributed by atoms with Gasteiger partial charge in [-0.2, -0.15) is 0 Å². The maximum Gasteiger partial charge on any atom is 0.153 e. The fourth-order valence-electron chi connectivity index (χ4n) is 3.33. The summed E-state index contributed by atoms with van der Waals surface area (Å²) in [6.45, 7) is 11.6. The molecule has 0 aliphatic carbocycles. The van der Waals surface area contributed by atoms with Gasteiger partial charge >= 0.3 is 0 Å². The Kier molecular flexibility index (Phi) is 4.62. The monoisotopic (exact) mass is 337 g/mol. The summed E-state index contributed by atoms with van der Waals surface area (Å²) in [6.07, 6.45) is 1.91. The predicted molar refractivity (Wildman–Crippen MR) is 103 cm³/mol. The molecular weight excluding hydrogens is 313 g/mol. The van der Waals surface area contributed by atoms with E-state index < -0.39 is 0 Å². The van der Waals surface area contributed by atoms with Crippen LogP contribution in [-0.4, -0.2) is 16.6 Å². The van der Waals surface area contributed by atoms with Crippen LogP contribution in [0.1, 0.15) is 22.5 Å². The Morgan fingerprint density at radius 3 is 2.52 bits per heavy atom. The van der Waals surface area contributed by atoms with Gasteiger partial charge in [-0.25, -0.2) is 9.37 Å². The highest BCUT2D eigenvalue weighted by atomic mass is 19.1. The number of aryl methyl sites for hydroxylation is 2. The molecule has 3 nitrogen and oxygen atoms in total. The lowest BCUT2D eigenvalue weighted by molar-refractivity contribution is 0.627. The van der Waals surface area contributed by atoms with Crippen molar-refractivity contribution in [1.82, 2.24) is 9.55 Å². The van der Waals surface area contributed by atoms with Gasteiger partial charge in [0, 0.05) is 36.9 Å². The first-order chi connectivity index (χ1) is 11.9. The number of hydrogen-bond donors (Lipinski definition) is 0. The first-order valence-electron chi connectivity index (χ1n) is 8.46. The molecule has 25 heavy (non-hydrogen) atoms. The average Bonchev–Trinajstić information content (AvgIpc) is 2.81. The molecule has 2 aromatic heterocycles. The molecule has 1 aromatic carbocycles. The Morgan fingerprint density at radius 1 is 1.20 bits per heavy atom. The molecule has 0 atom stereocenters. The minimum Gasteiger partial charge on any atom is -0.354 e. The van der Waals surface area contributed by atoms with Crippen LogP contribution in [0.5, 0.6) is 0 Å². The molecule has 0 fully saturated rings. The van der Waals surface area contributed by atoms with Crippen LogP contribution in [0.25, 0.3) is 10.9 Å². The molecule has 0 saturated heterocycles. The number of benzene rings is 1. The van der Waals surface area contributed by atoms with Crippen molar-refractivity contribution in [3.8, 4) is 0 Å². The quantitative estimate of drug-likeness (QED) is 0.616. The van der Waals surface area contributed by atoms with Crippen LogP contribution in [-0.2, 0) is 13.1 Å². The van der Waals surface area contributed by atoms with Gasteiger partial charge in [-0.3, -0.25) is 0 Å². The number of hydrogen-bond acceptors (Lipinski definition) is 2. The van der Waals surface area contributed by atoms with Crippen LogP contribution in [0.2, 0.25) is 0 Å². The third-order valence-corrected chi connectivity index (χ3v) is 4.73. The smallest absolute Gasteiger partial charge is 0.153 e.